The van der Waals surface area contributed by atoms with Gasteiger partial charge in [-0.05, 0) is 37.1 Å². The van der Waals surface area contributed by atoms with Gasteiger partial charge in [0.1, 0.15) is 0 Å². The first-order chi connectivity index (χ1) is 12.5. The number of allylic oxidation sites excluding steroid dienone is 1. The number of aryl methyl sites for hydroxylation is 1. The highest BCUT2D eigenvalue weighted by atomic mass is 32.1. The Morgan fingerprint density at radius 1 is 1.12 bits per heavy atom. The van der Waals surface area contributed by atoms with Crippen LogP contribution in [0.3, 0.4) is 0 Å². The van der Waals surface area contributed by atoms with Crippen LogP contribution in [0.5, 0.6) is 5.88 Å². The third-order valence-electron chi connectivity index (χ3n) is 4.63. The van der Waals surface area contributed by atoms with Gasteiger partial charge >= 0.3 is 4.87 Å². The second kappa shape index (κ2) is 6.42. The Kier molecular flexibility index (Phi) is 4.09. The molecular formula is C21H18N2O2S. The number of fused-ring (bicyclic) bond motifs is 1. The molecule has 2 heterocycles. The maximum absolute atomic E-state index is 12.4. The van der Waals surface area contributed by atoms with E-state index in [1.165, 1.54) is 4.57 Å². The van der Waals surface area contributed by atoms with E-state index in [4.69, 9.17) is 0 Å². The molecule has 1 N–H and O–H groups in total. The standard InChI is InChI=1S/C21H18N2O2S/c1-13-7-3-4-8-15(13)12-23-20(24)19(26-21(23)25)11-17-14(2)22-18-10-6-5-9-16(17)18/h3-11,24H,12H2,1-2H3/b17-11-. The van der Waals surface area contributed by atoms with Crippen molar-refractivity contribution in [2.24, 2.45) is 4.99 Å². The highest BCUT2D eigenvalue weighted by Gasteiger charge is 2.20. The highest BCUT2D eigenvalue weighted by Crippen LogP contribution is 2.37. The predicted octanol–water partition coefficient (Wildman–Crippen LogP) is 4.62. The van der Waals surface area contributed by atoms with E-state index in [2.05, 4.69) is 4.99 Å². The molecule has 0 atom stereocenters. The molecule has 130 valence electrons. The summed E-state index contributed by atoms with van der Waals surface area (Å²) in [6, 6.07) is 15.8. The lowest BCUT2D eigenvalue weighted by Crippen LogP contribution is -2.13. The SMILES string of the molecule is CC1=Nc2ccccc2/C1=C\c1sc(=O)n(Cc2ccccc2C)c1O. The van der Waals surface area contributed by atoms with Crippen molar-refractivity contribution in [3.63, 3.8) is 0 Å². The lowest BCUT2D eigenvalue weighted by atomic mass is 10.0. The number of para-hydroxylation sites is 1. The molecule has 0 saturated carbocycles. The van der Waals surface area contributed by atoms with Gasteiger partial charge in [-0.2, -0.15) is 0 Å². The first kappa shape index (κ1) is 16.5. The smallest absolute Gasteiger partial charge is 0.310 e. The molecule has 0 unspecified atom stereocenters. The summed E-state index contributed by atoms with van der Waals surface area (Å²) in [5.41, 5.74) is 5.89. The fourth-order valence-corrected chi connectivity index (χ4v) is 3.98. The molecule has 4 rings (SSSR count). The van der Waals surface area contributed by atoms with Crippen molar-refractivity contribution in [2.75, 3.05) is 0 Å². The summed E-state index contributed by atoms with van der Waals surface area (Å²) in [6.07, 6.45) is 1.86. The second-order valence-electron chi connectivity index (χ2n) is 6.34. The number of nitrogens with zero attached hydrogens (tertiary/aromatic N) is 2. The zero-order chi connectivity index (χ0) is 18.3. The summed E-state index contributed by atoms with van der Waals surface area (Å²) in [4.78, 5) is 17.4. The Bertz CT molecular complexity index is 1120. The van der Waals surface area contributed by atoms with Gasteiger partial charge in [0.25, 0.3) is 0 Å². The molecule has 0 fully saturated rings. The minimum absolute atomic E-state index is 0.00735. The molecular weight excluding hydrogens is 344 g/mol. The van der Waals surface area contributed by atoms with Crippen LogP contribution in [-0.2, 0) is 6.54 Å². The Morgan fingerprint density at radius 3 is 2.65 bits per heavy atom. The van der Waals surface area contributed by atoms with E-state index in [1.54, 1.807) is 0 Å². The lowest BCUT2D eigenvalue weighted by Gasteiger charge is -2.07. The van der Waals surface area contributed by atoms with E-state index in [9.17, 15) is 9.90 Å². The Morgan fingerprint density at radius 2 is 1.85 bits per heavy atom. The Balaban J connectivity index is 1.75. The molecule has 4 nitrogen and oxygen atoms in total. The van der Waals surface area contributed by atoms with E-state index in [0.29, 0.717) is 11.4 Å². The summed E-state index contributed by atoms with van der Waals surface area (Å²) in [5.74, 6) is 0.00735. The zero-order valence-corrected chi connectivity index (χ0v) is 15.4. The molecule has 1 aliphatic rings. The molecule has 2 aromatic carbocycles. The molecule has 1 aromatic heterocycles. The maximum Gasteiger partial charge on any atom is 0.310 e. The predicted molar refractivity (Wildman–Crippen MR) is 108 cm³/mol. The van der Waals surface area contributed by atoms with Gasteiger partial charge in [0.15, 0.2) is 0 Å². The first-order valence-corrected chi connectivity index (χ1v) is 9.20. The third-order valence-corrected chi connectivity index (χ3v) is 5.55. The largest absolute Gasteiger partial charge is 0.493 e. The summed E-state index contributed by atoms with van der Waals surface area (Å²) in [6.45, 7) is 4.30. The van der Waals surface area contributed by atoms with Crippen molar-refractivity contribution in [3.05, 3.63) is 79.8 Å². The zero-order valence-electron chi connectivity index (χ0n) is 14.6. The fraction of sp³-hybridized carbons (Fsp3) is 0.143. The Labute approximate surface area is 155 Å². The van der Waals surface area contributed by atoms with Gasteiger partial charge in [-0.3, -0.25) is 14.4 Å². The highest BCUT2D eigenvalue weighted by molar-refractivity contribution is 7.10. The molecule has 0 aliphatic carbocycles. The molecule has 5 heteroatoms. The number of aliphatic imine (C=N–C) groups is 1. The van der Waals surface area contributed by atoms with Gasteiger partial charge in [0.2, 0.25) is 5.88 Å². The van der Waals surface area contributed by atoms with Gasteiger partial charge in [0, 0.05) is 16.8 Å². The van der Waals surface area contributed by atoms with Crippen molar-refractivity contribution in [1.29, 1.82) is 0 Å². The van der Waals surface area contributed by atoms with E-state index in [1.807, 2.05) is 68.5 Å². The van der Waals surface area contributed by atoms with E-state index < -0.39 is 0 Å². The summed E-state index contributed by atoms with van der Waals surface area (Å²) >= 11 is 1.06. The van der Waals surface area contributed by atoms with Gasteiger partial charge in [-0.1, -0.05) is 53.8 Å². The molecule has 0 spiro atoms. The third kappa shape index (κ3) is 2.80. The number of thiazole rings is 1. The summed E-state index contributed by atoms with van der Waals surface area (Å²) < 4.78 is 1.42. The van der Waals surface area contributed by atoms with Gasteiger partial charge in [0.05, 0.1) is 17.1 Å². The van der Waals surface area contributed by atoms with Crippen LogP contribution in [-0.4, -0.2) is 15.4 Å². The molecule has 26 heavy (non-hydrogen) atoms. The molecule has 1 aliphatic heterocycles. The summed E-state index contributed by atoms with van der Waals surface area (Å²) in [7, 11) is 0. The van der Waals surface area contributed by atoms with Crippen LogP contribution in [0.2, 0.25) is 0 Å². The van der Waals surface area contributed by atoms with Crippen molar-refractivity contribution in [2.45, 2.75) is 20.4 Å². The van der Waals surface area contributed by atoms with Crippen LogP contribution in [0, 0.1) is 6.92 Å². The maximum atomic E-state index is 12.4. The minimum Gasteiger partial charge on any atom is -0.493 e. The summed E-state index contributed by atoms with van der Waals surface area (Å²) in [5, 5.41) is 10.6. The van der Waals surface area contributed by atoms with Gasteiger partial charge in [-0.15, -0.1) is 0 Å². The molecule has 0 radical (unpaired) electrons. The number of aromatic hydroxyl groups is 1. The average Bonchev–Trinajstić information content (AvgIpc) is 3.08. The van der Waals surface area contributed by atoms with E-state index >= 15 is 0 Å². The van der Waals surface area contributed by atoms with Crippen LogP contribution in [0.15, 0.2) is 58.3 Å². The van der Waals surface area contributed by atoms with Crippen LogP contribution in [0.1, 0.15) is 28.5 Å². The Hall–Kier alpha value is -2.92. The van der Waals surface area contributed by atoms with Crippen molar-refractivity contribution in [1.82, 2.24) is 4.57 Å². The van der Waals surface area contributed by atoms with Gasteiger partial charge in [-0.25, -0.2) is 0 Å². The molecule has 0 bridgehead atoms. The number of hydrogen-bond acceptors (Lipinski definition) is 4. The monoisotopic (exact) mass is 362 g/mol. The number of rotatable bonds is 3. The molecule has 0 amide bonds. The second-order valence-corrected chi connectivity index (χ2v) is 7.33. The van der Waals surface area contributed by atoms with Crippen LogP contribution < -0.4 is 4.87 Å². The number of benzene rings is 2. The molecule has 0 saturated heterocycles. The van der Waals surface area contributed by atoms with Crippen molar-refractivity contribution < 1.29 is 5.11 Å². The van der Waals surface area contributed by atoms with E-state index in [0.717, 1.165) is 45.0 Å². The van der Waals surface area contributed by atoms with E-state index in [-0.39, 0.29) is 10.8 Å². The first-order valence-electron chi connectivity index (χ1n) is 8.38. The average molecular weight is 362 g/mol. The minimum atomic E-state index is -0.168. The van der Waals surface area contributed by atoms with Crippen LogP contribution >= 0.6 is 11.3 Å². The lowest BCUT2D eigenvalue weighted by molar-refractivity contribution is 0.420. The van der Waals surface area contributed by atoms with Crippen LogP contribution in [0.4, 0.5) is 5.69 Å². The normalized spacial score (nSPS) is 14.5. The van der Waals surface area contributed by atoms with Crippen LogP contribution in [0.25, 0.3) is 11.6 Å². The quantitative estimate of drug-likeness (QED) is 0.739. The number of hydrogen-bond donors (Lipinski definition) is 1. The fourth-order valence-electron chi connectivity index (χ4n) is 3.15. The van der Waals surface area contributed by atoms with Gasteiger partial charge < -0.3 is 5.11 Å². The van der Waals surface area contributed by atoms with Crippen molar-refractivity contribution >= 4 is 34.4 Å². The molecule has 3 aromatic rings. The van der Waals surface area contributed by atoms with Crippen molar-refractivity contribution in [3.8, 4) is 5.88 Å². The number of aromatic nitrogens is 1. The topological polar surface area (TPSA) is 54.6 Å².